The van der Waals surface area contributed by atoms with Gasteiger partial charge < -0.3 is 15.0 Å². The fraction of sp³-hybridized carbons (Fsp3) is 0.800. The first-order valence-corrected chi connectivity index (χ1v) is 5.52. The Labute approximate surface area is 94.3 Å². The molecule has 6 nitrogen and oxygen atoms in total. The van der Waals surface area contributed by atoms with Gasteiger partial charge in [-0.15, -0.1) is 0 Å². The van der Waals surface area contributed by atoms with Crippen molar-refractivity contribution in [3.63, 3.8) is 0 Å². The number of ether oxygens (including phenoxy) is 1. The molecule has 2 amide bonds. The molecule has 0 aromatic rings. The van der Waals surface area contributed by atoms with Crippen LogP contribution in [0, 0.1) is 0 Å². The second-order valence-electron chi connectivity index (χ2n) is 4.33. The molecule has 0 aliphatic carbocycles. The van der Waals surface area contributed by atoms with Gasteiger partial charge in [0.15, 0.2) is 0 Å². The molecule has 90 valence electrons. The number of morpholine rings is 1. The summed E-state index contributed by atoms with van der Waals surface area (Å²) in [7, 11) is 2.04. The molecular formula is C10H17N3O3. The van der Waals surface area contributed by atoms with E-state index in [4.69, 9.17) is 4.74 Å². The van der Waals surface area contributed by atoms with Gasteiger partial charge in [0.1, 0.15) is 0 Å². The quantitative estimate of drug-likeness (QED) is 0.564. The molecule has 2 aliphatic rings. The molecule has 2 atom stereocenters. The van der Waals surface area contributed by atoms with Crippen molar-refractivity contribution in [2.24, 2.45) is 0 Å². The number of imide groups is 1. The summed E-state index contributed by atoms with van der Waals surface area (Å²) in [6.45, 7) is 3.13. The Hall–Kier alpha value is -0.980. The van der Waals surface area contributed by atoms with E-state index in [1.54, 1.807) is 0 Å². The monoisotopic (exact) mass is 227 g/mol. The number of hydrogen-bond acceptors (Lipinski definition) is 5. The summed E-state index contributed by atoms with van der Waals surface area (Å²) in [5.41, 5.74) is 0. The van der Waals surface area contributed by atoms with Crippen molar-refractivity contribution in [3.8, 4) is 0 Å². The highest BCUT2D eigenvalue weighted by Crippen LogP contribution is 2.05. The van der Waals surface area contributed by atoms with Crippen LogP contribution in [0.3, 0.4) is 0 Å². The Bertz CT molecular complexity index is 295. The normalized spacial score (nSPS) is 31.8. The van der Waals surface area contributed by atoms with E-state index >= 15 is 0 Å². The third kappa shape index (κ3) is 2.78. The lowest BCUT2D eigenvalue weighted by Crippen LogP contribution is -2.48. The second kappa shape index (κ2) is 4.90. The minimum absolute atomic E-state index is 0.0993. The lowest BCUT2D eigenvalue weighted by atomic mass is 10.2. The van der Waals surface area contributed by atoms with Crippen LogP contribution in [0.25, 0.3) is 0 Å². The highest BCUT2D eigenvalue weighted by atomic mass is 16.5. The minimum Gasteiger partial charge on any atom is -0.374 e. The van der Waals surface area contributed by atoms with Crippen LogP contribution in [-0.2, 0) is 14.3 Å². The average molecular weight is 227 g/mol. The van der Waals surface area contributed by atoms with Gasteiger partial charge in [-0.3, -0.25) is 14.9 Å². The SMILES string of the molecule is CN1CCO[C@H](CN[C@@H]2CC(=O)NC2=O)C1. The van der Waals surface area contributed by atoms with Crippen molar-refractivity contribution in [1.29, 1.82) is 0 Å². The molecule has 2 heterocycles. The molecule has 2 N–H and O–H groups in total. The number of nitrogens with one attached hydrogen (secondary N) is 2. The first-order chi connectivity index (χ1) is 7.65. The first kappa shape index (κ1) is 11.5. The Morgan fingerprint density at radius 2 is 2.38 bits per heavy atom. The molecular weight excluding hydrogens is 210 g/mol. The van der Waals surface area contributed by atoms with E-state index in [1.165, 1.54) is 0 Å². The van der Waals surface area contributed by atoms with Crippen LogP contribution in [0.1, 0.15) is 6.42 Å². The molecule has 0 saturated carbocycles. The van der Waals surface area contributed by atoms with Gasteiger partial charge in [-0.1, -0.05) is 0 Å². The van der Waals surface area contributed by atoms with Gasteiger partial charge >= 0.3 is 0 Å². The lowest BCUT2D eigenvalue weighted by Gasteiger charge is -2.30. The molecule has 0 aromatic heterocycles. The topological polar surface area (TPSA) is 70.7 Å². The van der Waals surface area contributed by atoms with Gasteiger partial charge in [0.25, 0.3) is 0 Å². The summed E-state index contributed by atoms with van der Waals surface area (Å²) >= 11 is 0. The highest BCUT2D eigenvalue weighted by Gasteiger charge is 2.30. The molecule has 0 aromatic carbocycles. The van der Waals surface area contributed by atoms with Gasteiger partial charge in [-0.25, -0.2) is 0 Å². The average Bonchev–Trinajstić information content (AvgIpc) is 2.54. The van der Waals surface area contributed by atoms with E-state index < -0.39 is 0 Å². The van der Waals surface area contributed by atoms with Gasteiger partial charge in [0.05, 0.1) is 25.2 Å². The lowest BCUT2D eigenvalue weighted by molar-refractivity contribution is -0.125. The standard InChI is InChI=1S/C10H17N3O3/c1-13-2-3-16-7(6-13)5-11-8-4-9(14)12-10(8)15/h7-8,11H,2-6H2,1H3,(H,12,14,15)/t7-,8-/m1/s1. The fourth-order valence-corrected chi connectivity index (χ4v) is 1.98. The molecule has 2 rings (SSSR count). The maximum atomic E-state index is 11.3. The third-order valence-corrected chi connectivity index (χ3v) is 2.90. The number of nitrogens with zero attached hydrogens (tertiary/aromatic N) is 1. The zero-order valence-corrected chi connectivity index (χ0v) is 9.36. The summed E-state index contributed by atoms with van der Waals surface area (Å²) in [5, 5.41) is 5.34. The van der Waals surface area contributed by atoms with Gasteiger partial charge in [0, 0.05) is 19.6 Å². The number of amides is 2. The first-order valence-electron chi connectivity index (χ1n) is 5.52. The fourth-order valence-electron chi connectivity index (χ4n) is 1.98. The van der Waals surface area contributed by atoms with Crippen LogP contribution in [0.5, 0.6) is 0 Å². The molecule has 2 saturated heterocycles. The number of likely N-dealkylation sites (N-methyl/N-ethyl adjacent to an activating group) is 1. The minimum atomic E-state index is -0.386. The maximum Gasteiger partial charge on any atom is 0.244 e. The Balaban J connectivity index is 1.74. The summed E-state index contributed by atoms with van der Waals surface area (Å²) in [6, 6.07) is -0.386. The zero-order chi connectivity index (χ0) is 11.5. The molecule has 2 fully saturated rings. The largest absolute Gasteiger partial charge is 0.374 e. The van der Waals surface area contributed by atoms with E-state index in [0.29, 0.717) is 6.54 Å². The number of rotatable bonds is 3. The van der Waals surface area contributed by atoms with Crippen LogP contribution in [0.2, 0.25) is 0 Å². The summed E-state index contributed by atoms with van der Waals surface area (Å²) in [4.78, 5) is 24.4. The predicted molar refractivity (Wildman–Crippen MR) is 56.8 cm³/mol. The van der Waals surface area contributed by atoms with Gasteiger partial charge in [-0.2, -0.15) is 0 Å². The Kier molecular flexibility index (Phi) is 3.52. The van der Waals surface area contributed by atoms with Crippen molar-refractivity contribution >= 4 is 11.8 Å². The van der Waals surface area contributed by atoms with Crippen molar-refractivity contribution in [1.82, 2.24) is 15.5 Å². The Morgan fingerprint density at radius 3 is 3.00 bits per heavy atom. The van der Waals surface area contributed by atoms with Crippen molar-refractivity contribution in [2.75, 3.05) is 33.3 Å². The van der Waals surface area contributed by atoms with Crippen LogP contribution in [-0.4, -0.2) is 62.1 Å². The Morgan fingerprint density at radius 1 is 1.56 bits per heavy atom. The van der Waals surface area contributed by atoms with E-state index in [-0.39, 0.29) is 30.4 Å². The van der Waals surface area contributed by atoms with Gasteiger partial charge in [0.2, 0.25) is 11.8 Å². The molecule has 0 bridgehead atoms. The summed E-state index contributed by atoms with van der Waals surface area (Å²) in [5.74, 6) is -0.432. The van der Waals surface area contributed by atoms with E-state index in [0.717, 1.165) is 19.7 Å². The van der Waals surface area contributed by atoms with Crippen LogP contribution < -0.4 is 10.6 Å². The van der Waals surface area contributed by atoms with Crippen LogP contribution in [0.4, 0.5) is 0 Å². The van der Waals surface area contributed by atoms with Gasteiger partial charge in [-0.05, 0) is 7.05 Å². The van der Waals surface area contributed by atoms with E-state index in [9.17, 15) is 9.59 Å². The highest BCUT2D eigenvalue weighted by molar-refractivity contribution is 6.05. The van der Waals surface area contributed by atoms with Crippen molar-refractivity contribution < 1.29 is 14.3 Å². The molecule has 16 heavy (non-hydrogen) atoms. The van der Waals surface area contributed by atoms with Crippen molar-refractivity contribution in [3.05, 3.63) is 0 Å². The predicted octanol–water partition coefficient (Wildman–Crippen LogP) is -1.68. The summed E-state index contributed by atoms with van der Waals surface area (Å²) in [6.07, 6.45) is 0.337. The smallest absolute Gasteiger partial charge is 0.244 e. The van der Waals surface area contributed by atoms with E-state index in [1.807, 2.05) is 7.05 Å². The van der Waals surface area contributed by atoms with Crippen LogP contribution in [0.15, 0.2) is 0 Å². The molecule has 2 aliphatic heterocycles. The van der Waals surface area contributed by atoms with Crippen molar-refractivity contribution in [2.45, 2.75) is 18.6 Å². The number of hydrogen-bond donors (Lipinski definition) is 2. The molecule has 0 unspecified atom stereocenters. The molecule has 0 spiro atoms. The second-order valence-corrected chi connectivity index (χ2v) is 4.33. The number of carbonyl (C=O) groups is 2. The molecule has 6 heteroatoms. The molecule has 0 radical (unpaired) electrons. The summed E-state index contributed by atoms with van der Waals surface area (Å²) < 4.78 is 5.55. The third-order valence-electron chi connectivity index (χ3n) is 2.90. The van der Waals surface area contributed by atoms with E-state index in [2.05, 4.69) is 15.5 Å². The zero-order valence-electron chi connectivity index (χ0n) is 9.36. The van der Waals surface area contributed by atoms with Crippen LogP contribution >= 0.6 is 0 Å². The maximum absolute atomic E-state index is 11.3. The number of carbonyl (C=O) groups excluding carboxylic acids is 2.